The molecule has 1 saturated heterocycles. The van der Waals surface area contributed by atoms with Crippen molar-refractivity contribution in [2.45, 2.75) is 19.4 Å². The molecule has 1 unspecified atom stereocenters. The fraction of sp³-hybridized carbons (Fsp3) is 0.412. The van der Waals surface area contributed by atoms with E-state index in [4.69, 9.17) is 4.74 Å². The summed E-state index contributed by atoms with van der Waals surface area (Å²) in [6.45, 7) is 1.76. The zero-order chi connectivity index (χ0) is 17.4. The van der Waals surface area contributed by atoms with Crippen LogP contribution in [-0.2, 0) is 16.1 Å². The van der Waals surface area contributed by atoms with Crippen molar-refractivity contribution >= 4 is 23.5 Å². The summed E-state index contributed by atoms with van der Waals surface area (Å²) in [5.41, 5.74) is 0.780. The maximum Gasteiger partial charge on any atom is 0.234 e. The topological polar surface area (TPSA) is 80.6 Å². The molecule has 8 heteroatoms. The van der Waals surface area contributed by atoms with Crippen LogP contribution < -0.4 is 14.5 Å². The third kappa shape index (κ3) is 2.73. The minimum Gasteiger partial charge on any atom is -0.497 e. The summed E-state index contributed by atoms with van der Waals surface area (Å²) in [6, 6.07) is 7.29. The Morgan fingerprint density at radius 2 is 2.04 bits per heavy atom. The van der Waals surface area contributed by atoms with Crippen LogP contribution in [0.25, 0.3) is 0 Å². The van der Waals surface area contributed by atoms with Gasteiger partial charge in [0.05, 0.1) is 13.0 Å². The number of hydrogen-bond acceptors (Lipinski definition) is 5. The average molecular weight is 341 g/mol. The maximum atomic E-state index is 12.9. The van der Waals surface area contributed by atoms with Crippen LogP contribution in [0, 0.1) is 5.92 Å². The van der Waals surface area contributed by atoms with Crippen LogP contribution in [0.1, 0.15) is 12.8 Å². The van der Waals surface area contributed by atoms with E-state index in [1.807, 2.05) is 24.3 Å². The van der Waals surface area contributed by atoms with Crippen LogP contribution >= 0.6 is 0 Å². The molecule has 0 aliphatic carbocycles. The number of ether oxygens (including phenoxy) is 1. The molecule has 0 N–H and O–H groups in total. The quantitative estimate of drug-likeness (QED) is 0.834. The first kappa shape index (κ1) is 15.6. The number of amides is 2. The largest absolute Gasteiger partial charge is 0.497 e. The predicted octanol–water partition coefficient (Wildman–Crippen LogP) is 1.08. The molecule has 4 rings (SSSR count). The lowest BCUT2D eigenvalue weighted by Crippen LogP contribution is -2.42. The zero-order valence-electron chi connectivity index (χ0n) is 14.0. The Labute approximate surface area is 145 Å². The number of aryl methyl sites for hydroxylation is 1. The molecule has 1 aromatic heterocycles. The van der Waals surface area contributed by atoms with Crippen LogP contribution in [0.3, 0.4) is 0 Å². The van der Waals surface area contributed by atoms with Crippen molar-refractivity contribution in [3.63, 3.8) is 0 Å². The second-order valence-electron chi connectivity index (χ2n) is 6.23. The number of methoxy groups -OCH3 is 1. The van der Waals surface area contributed by atoms with Crippen molar-refractivity contribution in [3.8, 4) is 5.75 Å². The Kier molecular flexibility index (Phi) is 3.87. The van der Waals surface area contributed by atoms with Crippen LogP contribution in [-0.4, -0.2) is 46.8 Å². The van der Waals surface area contributed by atoms with Gasteiger partial charge in [0.15, 0.2) is 0 Å². The van der Waals surface area contributed by atoms with Gasteiger partial charge in [-0.2, -0.15) is 10.1 Å². The third-order valence-corrected chi connectivity index (χ3v) is 4.71. The lowest BCUT2D eigenvalue weighted by Gasteiger charge is -2.28. The van der Waals surface area contributed by atoms with Crippen LogP contribution in [0.15, 0.2) is 30.6 Å². The maximum absolute atomic E-state index is 12.9. The Bertz CT molecular complexity index is 801. The molecular formula is C17H19N5O3. The van der Waals surface area contributed by atoms with E-state index in [2.05, 4.69) is 10.1 Å². The van der Waals surface area contributed by atoms with Gasteiger partial charge >= 0.3 is 0 Å². The van der Waals surface area contributed by atoms with Crippen molar-refractivity contribution in [2.75, 3.05) is 30.0 Å². The van der Waals surface area contributed by atoms with Crippen LogP contribution in [0.4, 0.5) is 11.6 Å². The molecule has 0 saturated carbocycles. The number of nitrogens with zero attached hydrogens (tertiary/aromatic N) is 5. The number of carbonyl (C=O) groups is 2. The molecular weight excluding hydrogens is 322 g/mol. The Hall–Kier alpha value is -2.90. The highest BCUT2D eigenvalue weighted by Gasteiger charge is 2.39. The Morgan fingerprint density at radius 1 is 1.24 bits per heavy atom. The molecule has 2 aliphatic heterocycles. The van der Waals surface area contributed by atoms with Crippen molar-refractivity contribution < 1.29 is 14.3 Å². The summed E-state index contributed by atoms with van der Waals surface area (Å²) in [4.78, 5) is 32.9. The van der Waals surface area contributed by atoms with Gasteiger partial charge in [0.2, 0.25) is 17.8 Å². The van der Waals surface area contributed by atoms with Crippen molar-refractivity contribution in [3.05, 3.63) is 30.6 Å². The monoisotopic (exact) mass is 341 g/mol. The number of fused-ring (bicyclic) bond motifs is 1. The molecule has 25 heavy (non-hydrogen) atoms. The van der Waals surface area contributed by atoms with Gasteiger partial charge in [-0.3, -0.25) is 14.5 Å². The molecule has 1 fully saturated rings. The van der Waals surface area contributed by atoms with Gasteiger partial charge in [-0.25, -0.2) is 4.68 Å². The van der Waals surface area contributed by atoms with Gasteiger partial charge in [0, 0.05) is 31.7 Å². The van der Waals surface area contributed by atoms with Gasteiger partial charge in [-0.05, 0) is 30.7 Å². The Balaban J connectivity index is 1.51. The molecule has 1 atom stereocenters. The summed E-state index contributed by atoms with van der Waals surface area (Å²) in [7, 11) is 1.60. The minimum absolute atomic E-state index is 0.0398. The van der Waals surface area contributed by atoms with E-state index in [-0.39, 0.29) is 24.2 Å². The minimum atomic E-state index is -0.363. The van der Waals surface area contributed by atoms with Gasteiger partial charge in [0.25, 0.3) is 0 Å². The highest BCUT2D eigenvalue weighted by Crippen LogP contribution is 2.29. The van der Waals surface area contributed by atoms with E-state index in [1.165, 1.54) is 6.33 Å². The number of hydrogen-bond donors (Lipinski definition) is 0. The molecule has 0 radical (unpaired) electrons. The average Bonchev–Trinajstić information content (AvgIpc) is 3.27. The lowest BCUT2D eigenvalue weighted by molar-refractivity contribution is -0.124. The molecule has 1 aromatic carbocycles. The third-order valence-electron chi connectivity index (χ3n) is 4.71. The molecule has 3 heterocycles. The molecule has 2 amide bonds. The van der Waals surface area contributed by atoms with E-state index in [9.17, 15) is 9.59 Å². The summed E-state index contributed by atoms with van der Waals surface area (Å²) >= 11 is 0. The fourth-order valence-electron chi connectivity index (χ4n) is 3.42. The molecule has 2 aromatic rings. The van der Waals surface area contributed by atoms with Gasteiger partial charge in [-0.1, -0.05) is 0 Å². The lowest BCUT2D eigenvalue weighted by atomic mass is 10.1. The van der Waals surface area contributed by atoms with E-state index >= 15 is 0 Å². The van der Waals surface area contributed by atoms with Gasteiger partial charge < -0.3 is 9.64 Å². The van der Waals surface area contributed by atoms with Gasteiger partial charge in [0.1, 0.15) is 12.1 Å². The summed E-state index contributed by atoms with van der Waals surface area (Å²) < 4.78 is 6.88. The highest BCUT2D eigenvalue weighted by atomic mass is 16.5. The summed E-state index contributed by atoms with van der Waals surface area (Å²) in [6.07, 6.45) is 2.52. The van der Waals surface area contributed by atoms with E-state index < -0.39 is 0 Å². The fourth-order valence-corrected chi connectivity index (χ4v) is 3.42. The van der Waals surface area contributed by atoms with Crippen molar-refractivity contribution in [2.24, 2.45) is 5.92 Å². The molecule has 8 nitrogen and oxygen atoms in total. The standard InChI is InChI=1S/C17H19N5O3/c1-25-14-5-3-13(4-6-14)21-10-12(9-15(21)23)16(24)20-7-2-8-22-17(20)18-11-19-22/h3-6,11-12H,2,7-10H2,1H3. The zero-order valence-corrected chi connectivity index (χ0v) is 14.0. The summed E-state index contributed by atoms with van der Waals surface area (Å²) in [5, 5.41) is 4.13. The number of benzene rings is 1. The van der Waals surface area contributed by atoms with Gasteiger partial charge in [-0.15, -0.1) is 0 Å². The number of anilines is 2. The SMILES string of the molecule is COc1ccc(N2CC(C(=O)N3CCCn4ncnc43)CC2=O)cc1. The first-order chi connectivity index (χ1) is 12.2. The second-order valence-corrected chi connectivity index (χ2v) is 6.23. The highest BCUT2D eigenvalue weighted by molar-refractivity contribution is 6.04. The molecule has 0 bridgehead atoms. The first-order valence-electron chi connectivity index (χ1n) is 8.31. The van der Waals surface area contributed by atoms with Crippen LogP contribution in [0.2, 0.25) is 0 Å². The number of aromatic nitrogens is 3. The van der Waals surface area contributed by atoms with Crippen molar-refractivity contribution in [1.82, 2.24) is 14.8 Å². The molecule has 2 aliphatic rings. The van der Waals surface area contributed by atoms with Crippen molar-refractivity contribution in [1.29, 1.82) is 0 Å². The van der Waals surface area contributed by atoms with E-state index in [1.54, 1.807) is 21.6 Å². The predicted molar refractivity (Wildman–Crippen MR) is 90.4 cm³/mol. The normalized spacial score (nSPS) is 19.9. The summed E-state index contributed by atoms with van der Waals surface area (Å²) in [5.74, 6) is 0.848. The van der Waals surface area contributed by atoms with E-state index in [0.717, 1.165) is 24.4 Å². The number of carbonyl (C=O) groups excluding carboxylic acids is 2. The first-order valence-corrected chi connectivity index (χ1v) is 8.31. The molecule has 130 valence electrons. The second kappa shape index (κ2) is 6.19. The Morgan fingerprint density at radius 3 is 2.80 bits per heavy atom. The van der Waals surface area contributed by atoms with Crippen LogP contribution in [0.5, 0.6) is 5.75 Å². The van der Waals surface area contributed by atoms with E-state index in [0.29, 0.717) is 19.0 Å². The molecule has 0 spiro atoms. The smallest absolute Gasteiger partial charge is 0.234 e. The number of rotatable bonds is 3.